The minimum absolute atomic E-state index is 0.0944. The van der Waals surface area contributed by atoms with Gasteiger partial charge in [0, 0.05) is 17.8 Å². The van der Waals surface area contributed by atoms with Gasteiger partial charge in [0.15, 0.2) is 0 Å². The zero-order chi connectivity index (χ0) is 11.2. The van der Waals surface area contributed by atoms with Crippen LogP contribution >= 0.6 is 0 Å². The summed E-state index contributed by atoms with van der Waals surface area (Å²) in [6.45, 7) is 1.58. The van der Waals surface area contributed by atoms with Crippen molar-refractivity contribution in [2.45, 2.75) is 11.8 Å². The molecule has 84 valence electrons. The molecular weight excluding hydrogens is 204 g/mol. The average Bonchev–Trinajstić information content (AvgIpc) is 2.88. The lowest BCUT2D eigenvalue weighted by Gasteiger charge is -2.21. The molecule has 0 radical (unpaired) electrons. The molecule has 0 unspecified atom stereocenters. The number of nitrogens with one attached hydrogen (secondary N) is 2. The van der Waals surface area contributed by atoms with E-state index in [9.17, 15) is 4.79 Å². The first-order valence-electron chi connectivity index (χ1n) is 5.47. The maximum atomic E-state index is 12.1. The molecule has 2 N–H and O–H groups in total. The average molecular weight is 218 g/mol. The molecule has 0 bridgehead atoms. The van der Waals surface area contributed by atoms with E-state index in [1.807, 2.05) is 18.2 Å². The highest BCUT2D eigenvalue weighted by Gasteiger charge is 2.50. The van der Waals surface area contributed by atoms with Crippen molar-refractivity contribution < 1.29 is 9.53 Å². The van der Waals surface area contributed by atoms with Crippen molar-refractivity contribution >= 4 is 11.6 Å². The number of methoxy groups -OCH3 is 1. The van der Waals surface area contributed by atoms with Crippen LogP contribution in [0, 0.1) is 0 Å². The Kier molecular flexibility index (Phi) is 1.94. The van der Waals surface area contributed by atoms with Crippen LogP contribution in [-0.4, -0.2) is 26.1 Å². The first-order valence-corrected chi connectivity index (χ1v) is 5.47. The third-order valence-electron chi connectivity index (χ3n) is 3.56. The number of fused-ring (bicyclic) bond motifs is 2. The fourth-order valence-corrected chi connectivity index (χ4v) is 2.75. The molecule has 1 atom stereocenters. The molecule has 1 aromatic carbocycles. The van der Waals surface area contributed by atoms with Crippen LogP contribution in [0.2, 0.25) is 0 Å². The molecule has 1 amide bonds. The summed E-state index contributed by atoms with van der Waals surface area (Å²) in [4.78, 5) is 12.1. The van der Waals surface area contributed by atoms with Gasteiger partial charge in [-0.05, 0) is 25.1 Å². The molecule has 0 aromatic heterocycles. The van der Waals surface area contributed by atoms with E-state index in [0.717, 1.165) is 30.0 Å². The Hall–Kier alpha value is -1.55. The van der Waals surface area contributed by atoms with Crippen molar-refractivity contribution in [3.05, 3.63) is 23.8 Å². The minimum atomic E-state index is -0.415. The summed E-state index contributed by atoms with van der Waals surface area (Å²) in [6, 6.07) is 5.75. The van der Waals surface area contributed by atoms with Crippen molar-refractivity contribution in [3.8, 4) is 5.75 Å². The summed E-state index contributed by atoms with van der Waals surface area (Å²) in [5, 5.41) is 6.21. The number of hydrogen-bond acceptors (Lipinski definition) is 3. The molecule has 1 saturated heterocycles. The van der Waals surface area contributed by atoms with Gasteiger partial charge in [0.1, 0.15) is 5.75 Å². The van der Waals surface area contributed by atoms with Gasteiger partial charge >= 0.3 is 0 Å². The lowest BCUT2D eigenvalue weighted by molar-refractivity contribution is -0.120. The zero-order valence-electron chi connectivity index (χ0n) is 9.17. The van der Waals surface area contributed by atoms with Gasteiger partial charge in [0.2, 0.25) is 5.91 Å². The second-order valence-corrected chi connectivity index (χ2v) is 4.35. The Labute approximate surface area is 94.0 Å². The van der Waals surface area contributed by atoms with E-state index in [0.29, 0.717) is 6.54 Å². The summed E-state index contributed by atoms with van der Waals surface area (Å²) in [5.41, 5.74) is 1.50. The summed E-state index contributed by atoms with van der Waals surface area (Å²) in [5.74, 6) is 0.900. The van der Waals surface area contributed by atoms with Crippen LogP contribution in [-0.2, 0) is 10.2 Å². The van der Waals surface area contributed by atoms with Crippen molar-refractivity contribution in [1.82, 2.24) is 5.32 Å². The van der Waals surface area contributed by atoms with Gasteiger partial charge in [-0.25, -0.2) is 0 Å². The maximum Gasteiger partial charge on any atom is 0.236 e. The third-order valence-corrected chi connectivity index (χ3v) is 3.56. The summed E-state index contributed by atoms with van der Waals surface area (Å²) >= 11 is 0. The lowest BCUT2D eigenvalue weighted by Crippen LogP contribution is -2.36. The van der Waals surface area contributed by atoms with Gasteiger partial charge in [-0.15, -0.1) is 0 Å². The predicted molar refractivity (Wildman–Crippen MR) is 60.8 cm³/mol. The van der Waals surface area contributed by atoms with Crippen molar-refractivity contribution in [2.75, 3.05) is 25.5 Å². The van der Waals surface area contributed by atoms with Gasteiger partial charge in [0.05, 0.1) is 12.5 Å². The Morgan fingerprint density at radius 1 is 1.44 bits per heavy atom. The second-order valence-electron chi connectivity index (χ2n) is 4.35. The van der Waals surface area contributed by atoms with Crippen LogP contribution in [0.4, 0.5) is 5.69 Å². The van der Waals surface area contributed by atoms with Crippen molar-refractivity contribution in [2.24, 2.45) is 0 Å². The molecule has 3 rings (SSSR count). The molecule has 2 aliphatic heterocycles. The van der Waals surface area contributed by atoms with E-state index in [4.69, 9.17) is 4.74 Å². The predicted octanol–water partition coefficient (Wildman–Crippen LogP) is 0.878. The van der Waals surface area contributed by atoms with E-state index in [1.54, 1.807) is 7.11 Å². The molecule has 4 nitrogen and oxygen atoms in total. The summed E-state index contributed by atoms with van der Waals surface area (Å²) in [7, 11) is 1.65. The number of amides is 1. The summed E-state index contributed by atoms with van der Waals surface area (Å²) in [6.07, 6.45) is 0.839. The van der Waals surface area contributed by atoms with E-state index >= 15 is 0 Å². The highest BCUT2D eigenvalue weighted by Crippen LogP contribution is 2.46. The zero-order valence-corrected chi connectivity index (χ0v) is 9.17. The van der Waals surface area contributed by atoms with Gasteiger partial charge in [0.25, 0.3) is 0 Å². The third kappa shape index (κ3) is 1.05. The number of benzene rings is 1. The molecular formula is C12H14N2O2. The monoisotopic (exact) mass is 218 g/mol. The normalized spacial score (nSPS) is 26.9. The topological polar surface area (TPSA) is 50.4 Å². The number of rotatable bonds is 1. The molecule has 4 heteroatoms. The smallest absolute Gasteiger partial charge is 0.236 e. The standard InChI is InChI=1S/C12H14N2O2/c1-16-9-4-2-3-8-10(9)12(11(15)14-8)5-6-13-7-12/h2-4,13H,5-7H2,1H3,(H,14,15)/t12-/m0/s1. The number of carbonyl (C=O) groups excluding carboxylic acids is 1. The first-order chi connectivity index (χ1) is 7.78. The number of hydrogen-bond donors (Lipinski definition) is 2. The van der Waals surface area contributed by atoms with Crippen LogP contribution in [0.25, 0.3) is 0 Å². The minimum Gasteiger partial charge on any atom is -0.496 e. The first kappa shape index (κ1) is 9.66. The molecule has 1 fully saturated rings. The lowest BCUT2D eigenvalue weighted by atomic mass is 9.80. The van der Waals surface area contributed by atoms with Crippen LogP contribution in [0.1, 0.15) is 12.0 Å². The molecule has 2 aliphatic rings. The van der Waals surface area contributed by atoms with E-state index in [1.165, 1.54) is 0 Å². The number of carbonyl (C=O) groups is 1. The number of anilines is 1. The van der Waals surface area contributed by atoms with Gasteiger partial charge < -0.3 is 15.4 Å². The van der Waals surface area contributed by atoms with E-state index < -0.39 is 5.41 Å². The molecule has 1 spiro atoms. The van der Waals surface area contributed by atoms with Gasteiger partial charge in [-0.2, -0.15) is 0 Å². The van der Waals surface area contributed by atoms with Crippen LogP contribution in [0.15, 0.2) is 18.2 Å². The Morgan fingerprint density at radius 2 is 2.31 bits per heavy atom. The highest BCUT2D eigenvalue weighted by molar-refractivity contribution is 6.07. The summed E-state index contributed by atoms with van der Waals surface area (Å²) < 4.78 is 5.37. The molecule has 0 aliphatic carbocycles. The van der Waals surface area contributed by atoms with Gasteiger partial charge in [-0.3, -0.25) is 4.79 Å². The largest absolute Gasteiger partial charge is 0.496 e. The van der Waals surface area contributed by atoms with Crippen LogP contribution in [0.3, 0.4) is 0 Å². The van der Waals surface area contributed by atoms with E-state index in [-0.39, 0.29) is 5.91 Å². The van der Waals surface area contributed by atoms with Crippen molar-refractivity contribution in [1.29, 1.82) is 0 Å². The Balaban J connectivity index is 2.22. The SMILES string of the molecule is COc1cccc2c1[C@@]1(CCNC1)C(=O)N2. The molecule has 0 saturated carbocycles. The van der Waals surface area contributed by atoms with E-state index in [2.05, 4.69) is 10.6 Å². The fraction of sp³-hybridized carbons (Fsp3) is 0.417. The Morgan fingerprint density at radius 3 is 3.00 bits per heavy atom. The number of ether oxygens (including phenoxy) is 1. The van der Waals surface area contributed by atoms with Crippen LogP contribution < -0.4 is 15.4 Å². The molecule has 1 aromatic rings. The van der Waals surface area contributed by atoms with Gasteiger partial charge in [-0.1, -0.05) is 6.07 Å². The Bertz CT molecular complexity index is 450. The second kappa shape index (κ2) is 3.22. The maximum absolute atomic E-state index is 12.1. The van der Waals surface area contributed by atoms with Crippen LogP contribution in [0.5, 0.6) is 5.75 Å². The highest BCUT2D eigenvalue weighted by atomic mass is 16.5. The molecule has 16 heavy (non-hydrogen) atoms. The quantitative estimate of drug-likeness (QED) is 0.735. The van der Waals surface area contributed by atoms with Crippen molar-refractivity contribution in [3.63, 3.8) is 0 Å². The molecule has 2 heterocycles. The fourth-order valence-electron chi connectivity index (χ4n) is 2.75.